The van der Waals surface area contributed by atoms with E-state index in [4.69, 9.17) is 9.47 Å². The molecular formula is C19H30N4O3. The second kappa shape index (κ2) is 9.54. The third kappa shape index (κ3) is 6.31. The molecule has 1 atom stereocenters. The van der Waals surface area contributed by atoms with Crippen molar-refractivity contribution in [2.24, 2.45) is 4.99 Å². The number of carbonyl (C=O) groups excluding carboxylic acids is 1. The molecule has 1 aromatic rings. The van der Waals surface area contributed by atoms with Crippen molar-refractivity contribution < 1.29 is 14.3 Å². The molecule has 0 bridgehead atoms. The number of amides is 1. The molecule has 0 spiro atoms. The first-order valence-corrected chi connectivity index (χ1v) is 8.97. The first kappa shape index (κ1) is 20.2. The van der Waals surface area contributed by atoms with E-state index < -0.39 is 5.79 Å². The van der Waals surface area contributed by atoms with Gasteiger partial charge in [-0.3, -0.25) is 4.79 Å². The number of nitrogens with one attached hydrogen (secondary N) is 2. The first-order chi connectivity index (χ1) is 12.4. The summed E-state index contributed by atoms with van der Waals surface area (Å²) in [5.41, 5.74) is 1.15. The lowest BCUT2D eigenvalue weighted by Gasteiger charge is -2.24. The highest BCUT2D eigenvalue weighted by atomic mass is 16.7. The fraction of sp³-hybridized carbons (Fsp3) is 0.579. The summed E-state index contributed by atoms with van der Waals surface area (Å²) in [6, 6.07) is 10.2. The number of ether oxygens (including phenoxy) is 2. The molecule has 2 N–H and O–H groups in total. The number of likely N-dealkylation sites (N-methyl/N-ethyl adjacent to an activating group) is 1. The molecule has 0 aromatic heterocycles. The summed E-state index contributed by atoms with van der Waals surface area (Å²) in [5, 5.41) is 6.63. The van der Waals surface area contributed by atoms with E-state index in [1.807, 2.05) is 25.1 Å². The van der Waals surface area contributed by atoms with E-state index in [1.54, 1.807) is 14.1 Å². The summed E-state index contributed by atoms with van der Waals surface area (Å²) in [7, 11) is 3.45. The third-order valence-electron chi connectivity index (χ3n) is 4.29. The predicted octanol–water partition coefficient (Wildman–Crippen LogP) is 1.52. The van der Waals surface area contributed by atoms with E-state index in [0.29, 0.717) is 32.1 Å². The number of hydrogen-bond acceptors (Lipinski definition) is 4. The Bertz CT molecular complexity index is 598. The van der Waals surface area contributed by atoms with Gasteiger partial charge in [0, 0.05) is 27.1 Å². The molecule has 0 radical (unpaired) electrons. The van der Waals surface area contributed by atoms with Crippen molar-refractivity contribution in [3.05, 3.63) is 35.9 Å². The van der Waals surface area contributed by atoms with Crippen LogP contribution in [0.4, 0.5) is 0 Å². The number of hydrogen-bond donors (Lipinski definition) is 2. The molecule has 1 fully saturated rings. The molecule has 1 aliphatic rings. The van der Waals surface area contributed by atoms with Gasteiger partial charge in [0.15, 0.2) is 11.7 Å². The average Bonchev–Trinajstić information content (AvgIpc) is 3.06. The number of benzene rings is 1. The Morgan fingerprint density at radius 1 is 1.27 bits per heavy atom. The van der Waals surface area contributed by atoms with Crippen LogP contribution in [0.15, 0.2) is 35.3 Å². The lowest BCUT2D eigenvalue weighted by Crippen LogP contribution is -2.42. The maximum Gasteiger partial charge on any atom is 0.243 e. The number of nitrogens with zero attached hydrogens (tertiary/aromatic N) is 2. The van der Waals surface area contributed by atoms with Crippen molar-refractivity contribution in [1.29, 1.82) is 0 Å². The van der Waals surface area contributed by atoms with Crippen LogP contribution in [0.5, 0.6) is 0 Å². The zero-order valence-corrected chi connectivity index (χ0v) is 16.1. The molecule has 1 aromatic carbocycles. The Labute approximate surface area is 155 Å². The fourth-order valence-corrected chi connectivity index (χ4v) is 2.58. The van der Waals surface area contributed by atoms with Crippen LogP contribution in [0, 0.1) is 0 Å². The smallest absolute Gasteiger partial charge is 0.243 e. The molecule has 144 valence electrons. The molecular weight excluding hydrogens is 332 g/mol. The van der Waals surface area contributed by atoms with E-state index in [0.717, 1.165) is 5.56 Å². The maximum absolute atomic E-state index is 11.9. The van der Waals surface area contributed by atoms with E-state index in [-0.39, 0.29) is 18.5 Å². The average molecular weight is 362 g/mol. The van der Waals surface area contributed by atoms with Crippen LogP contribution in [-0.4, -0.2) is 63.0 Å². The van der Waals surface area contributed by atoms with Gasteiger partial charge in [0.2, 0.25) is 5.91 Å². The van der Waals surface area contributed by atoms with Gasteiger partial charge in [0.05, 0.1) is 19.3 Å². The number of carbonyl (C=O) groups is 1. The minimum atomic E-state index is -0.553. The van der Waals surface area contributed by atoms with Crippen molar-refractivity contribution in [2.45, 2.75) is 32.1 Å². The van der Waals surface area contributed by atoms with E-state index in [2.05, 4.69) is 34.7 Å². The molecule has 2 rings (SSSR count). The Balaban J connectivity index is 1.96. The molecule has 7 nitrogen and oxygen atoms in total. The largest absolute Gasteiger partial charge is 0.356 e. The highest BCUT2D eigenvalue weighted by Crippen LogP contribution is 2.21. The second-order valence-corrected chi connectivity index (χ2v) is 6.74. The minimum Gasteiger partial charge on any atom is -0.356 e. The molecule has 26 heavy (non-hydrogen) atoms. The topological polar surface area (TPSA) is 75.2 Å². The zero-order chi connectivity index (χ0) is 19.0. The quantitative estimate of drug-likeness (QED) is 0.568. The van der Waals surface area contributed by atoms with Crippen LogP contribution >= 0.6 is 0 Å². The first-order valence-electron chi connectivity index (χ1n) is 8.97. The normalized spacial score (nSPS) is 17.6. The number of aliphatic imine (C=N–C) groups is 1. The molecule has 0 aliphatic carbocycles. The van der Waals surface area contributed by atoms with E-state index in [1.165, 1.54) is 4.90 Å². The third-order valence-corrected chi connectivity index (χ3v) is 4.29. The van der Waals surface area contributed by atoms with Gasteiger partial charge in [-0.25, -0.2) is 4.99 Å². The second-order valence-electron chi connectivity index (χ2n) is 6.74. The lowest BCUT2D eigenvalue weighted by atomic mass is 10.1. The van der Waals surface area contributed by atoms with Crippen LogP contribution in [-0.2, 0) is 14.3 Å². The summed E-state index contributed by atoms with van der Waals surface area (Å²) in [5.74, 6) is -0.00571. The molecule has 0 saturated carbocycles. The van der Waals surface area contributed by atoms with Gasteiger partial charge in [-0.1, -0.05) is 30.3 Å². The Morgan fingerprint density at radius 3 is 2.54 bits per heavy atom. The highest BCUT2D eigenvalue weighted by molar-refractivity contribution is 5.85. The Morgan fingerprint density at radius 2 is 1.92 bits per heavy atom. The number of guanidine groups is 1. The van der Waals surface area contributed by atoms with Crippen molar-refractivity contribution >= 4 is 11.9 Å². The van der Waals surface area contributed by atoms with Crippen LogP contribution < -0.4 is 10.6 Å². The maximum atomic E-state index is 11.9. The molecule has 7 heteroatoms. The summed E-state index contributed by atoms with van der Waals surface area (Å²) in [6.07, 6.45) is 0.690. The molecule has 1 aliphatic heterocycles. The lowest BCUT2D eigenvalue weighted by molar-refractivity contribution is -0.145. The fourth-order valence-electron chi connectivity index (χ4n) is 2.58. The Hall–Kier alpha value is -2.12. The SMILES string of the molecule is CC(NC(=NCC(=O)N(C)C)NCCC1(C)OCCO1)c1ccccc1. The molecule has 1 amide bonds. The van der Waals surface area contributed by atoms with Crippen LogP contribution in [0.3, 0.4) is 0 Å². The zero-order valence-electron chi connectivity index (χ0n) is 16.1. The minimum absolute atomic E-state index is 0.0483. The summed E-state index contributed by atoms with van der Waals surface area (Å²) < 4.78 is 11.2. The van der Waals surface area contributed by atoms with Gasteiger partial charge >= 0.3 is 0 Å². The predicted molar refractivity (Wildman–Crippen MR) is 102 cm³/mol. The van der Waals surface area contributed by atoms with Crippen molar-refractivity contribution in [3.63, 3.8) is 0 Å². The van der Waals surface area contributed by atoms with E-state index >= 15 is 0 Å². The van der Waals surface area contributed by atoms with Gasteiger partial charge in [-0.15, -0.1) is 0 Å². The monoisotopic (exact) mass is 362 g/mol. The van der Waals surface area contributed by atoms with Crippen LogP contribution in [0.25, 0.3) is 0 Å². The molecule has 1 saturated heterocycles. The summed E-state index contributed by atoms with van der Waals surface area (Å²) in [4.78, 5) is 17.8. The van der Waals surface area contributed by atoms with Crippen molar-refractivity contribution in [3.8, 4) is 0 Å². The molecule has 1 heterocycles. The summed E-state index contributed by atoms with van der Waals surface area (Å²) >= 11 is 0. The number of rotatable bonds is 7. The van der Waals surface area contributed by atoms with Crippen LogP contribution in [0.1, 0.15) is 31.9 Å². The standard InChI is InChI=1S/C19H30N4O3/c1-15(16-8-6-5-7-9-16)22-18(21-14-17(24)23(3)4)20-11-10-19(2)25-12-13-26-19/h5-9,15H,10-14H2,1-4H3,(H2,20,21,22). The highest BCUT2D eigenvalue weighted by Gasteiger charge is 2.30. The van der Waals surface area contributed by atoms with Gasteiger partial charge in [0.25, 0.3) is 0 Å². The van der Waals surface area contributed by atoms with E-state index in [9.17, 15) is 4.79 Å². The van der Waals surface area contributed by atoms with Crippen LogP contribution in [0.2, 0.25) is 0 Å². The van der Waals surface area contributed by atoms with Crippen molar-refractivity contribution in [2.75, 3.05) is 40.4 Å². The molecule has 1 unspecified atom stereocenters. The Kier molecular flexibility index (Phi) is 7.41. The summed E-state index contributed by atoms with van der Waals surface area (Å²) in [6.45, 7) is 5.96. The van der Waals surface area contributed by atoms with Gasteiger partial charge in [-0.2, -0.15) is 0 Å². The van der Waals surface area contributed by atoms with Gasteiger partial charge in [-0.05, 0) is 19.4 Å². The van der Waals surface area contributed by atoms with Crippen molar-refractivity contribution in [1.82, 2.24) is 15.5 Å². The van der Waals surface area contributed by atoms with Gasteiger partial charge < -0.3 is 25.0 Å². The van der Waals surface area contributed by atoms with Gasteiger partial charge in [0.1, 0.15) is 6.54 Å².